The molecule has 0 saturated carbocycles. The summed E-state index contributed by atoms with van der Waals surface area (Å²) < 4.78 is 7.20. The molecule has 5 aromatic carbocycles. The molecule has 0 amide bonds. The number of aryl methyl sites for hydroxylation is 1. The number of phenols is 3. The Bertz CT molecular complexity index is 1490. The Hall–Kier alpha value is -3.45. The minimum atomic E-state index is -0.168. The van der Waals surface area contributed by atoms with Gasteiger partial charge in [0.2, 0.25) is 0 Å². The fraction of sp³-hybridized carbons (Fsp3) is 0.0714. The standard InChI is InChI=1S/C28H19IO4/c1-14-10-17(13-22(29)28(14)32)25-26-20-6-4-18(30)11-15(20)2-8-23(26)33-24-9-3-16-12-19(31)5-7-21(16)27(24)25/h2-13,25,30-32H,1H3. The second kappa shape index (κ2) is 7.28. The van der Waals surface area contributed by atoms with E-state index in [9.17, 15) is 15.3 Å². The second-order valence-electron chi connectivity index (χ2n) is 8.47. The number of phenolic OH excluding ortho intramolecular Hbond substituents is 3. The molecular formula is C28H19IO4. The Kier molecular flexibility index (Phi) is 4.45. The minimum absolute atomic E-state index is 0.168. The monoisotopic (exact) mass is 546 g/mol. The van der Waals surface area contributed by atoms with Crippen LogP contribution in [0, 0.1) is 10.5 Å². The van der Waals surface area contributed by atoms with Crippen LogP contribution in [-0.4, -0.2) is 15.3 Å². The van der Waals surface area contributed by atoms with Gasteiger partial charge < -0.3 is 20.1 Å². The lowest BCUT2D eigenvalue weighted by atomic mass is 9.78. The van der Waals surface area contributed by atoms with E-state index < -0.39 is 0 Å². The number of halogens is 1. The molecule has 5 heteroatoms. The zero-order chi connectivity index (χ0) is 22.9. The molecule has 5 aromatic rings. The fourth-order valence-corrected chi connectivity index (χ4v) is 5.73. The molecular weight excluding hydrogens is 527 g/mol. The van der Waals surface area contributed by atoms with Gasteiger partial charge in [-0.3, -0.25) is 0 Å². The maximum Gasteiger partial charge on any atom is 0.132 e. The van der Waals surface area contributed by atoms with Crippen molar-refractivity contribution < 1.29 is 20.1 Å². The van der Waals surface area contributed by atoms with Gasteiger partial charge >= 0.3 is 0 Å². The zero-order valence-electron chi connectivity index (χ0n) is 17.6. The third-order valence-corrected chi connectivity index (χ3v) is 7.24. The predicted octanol–water partition coefficient (Wildman–Crippen LogP) is 7.31. The lowest BCUT2D eigenvalue weighted by Crippen LogP contribution is -2.13. The Balaban J connectivity index is 1.75. The fourth-order valence-electron chi connectivity index (χ4n) is 4.94. The molecule has 0 radical (unpaired) electrons. The molecule has 3 N–H and O–H groups in total. The van der Waals surface area contributed by atoms with Crippen LogP contribution >= 0.6 is 22.6 Å². The van der Waals surface area contributed by atoms with Crippen LogP contribution in [0.1, 0.15) is 28.2 Å². The summed E-state index contributed by atoms with van der Waals surface area (Å²) in [6.07, 6.45) is 0. The lowest BCUT2D eigenvalue weighted by molar-refractivity contribution is 0.454. The molecule has 1 aliphatic heterocycles. The first-order valence-electron chi connectivity index (χ1n) is 10.6. The highest BCUT2D eigenvalue weighted by molar-refractivity contribution is 14.1. The summed E-state index contributed by atoms with van der Waals surface area (Å²) in [7, 11) is 0. The normalized spacial score (nSPS) is 13.0. The predicted molar refractivity (Wildman–Crippen MR) is 138 cm³/mol. The first kappa shape index (κ1) is 20.2. The average Bonchev–Trinajstić information content (AvgIpc) is 2.80. The van der Waals surface area contributed by atoms with Gasteiger partial charge in [-0.2, -0.15) is 0 Å². The number of hydrogen-bond donors (Lipinski definition) is 3. The van der Waals surface area contributed by atoms with Gasteiger partial charge in [-0.05, 0) is 105 Å². The van der Waals surface area contributed by atoms with Crippen LogP contribution in [0.5, 0.6) is 28.7 Å². The van der Waals surface area contributed by atoms with Crippen molar-refractivity contribution in [1.29, 1.82) is 0 Å². The van der Waals surface area contributed by atoms with Crippen LogP contribution in [0.3, 0.4) is 0 Å². The summed E-state index contributed by atoms with van der Waals surface area (Å²) in [5.41, 5.74) is 3.88. The summed E-state index contributed by atoms with van der Waals surface area (Å²) in [4.78, 5) is 0. The van der Waals surface area contributed by atoms with Crippen LogP contribution < -0.4 is 4.74 Å². The van der Waals surface area contributed by atoms with Gasteiger partial charge in [-0.25, -0.2) is 0 Å². The van der Waals surface area contributed by atoms with E-state index >= 15 is 0 Å². The highest BCUT2D eigenvalue weighted by Gasteiger charge is 2.33. The molecule has 1 aliphatic rings. The molecule has 0 bridgehead atoms. The number of rotatable bonds is 1. The number of hydrogen-bond acceptors (Lipinski definition) is 4. The highest BCUT2D eigenvalue weighted by atomic mass is 127. The molecule has 0 unspecified atom stereocenters. The van der Waals surface area contributed by atoms with Crippen LogP contribution in [0.25, 0.3) is 21.5 Å². The molecule has 0 saturated heterocycles. The van der Waals surface area contributed by atoms with Gasteiger partial charge in [0.25, 0.3) is 0 Å². The Morgan fingerprint density at radius 1 is 0.697 bits per heavy atom. The van der Waals surface area contributed by atoms with E-state index in [0.717, 1.165) is 58.9 Å². The molecule has 0 aliphatic carbocycles. The first-order valence-corrected chi connectivity index (χ1v) is 11.7. The topological polar surface area (TPSA) is 69.9 Å². The first-order chi connectivity index (χ1) is 15.9. The van der Waals surface area contributed by atoms with Crippen LogP contribution in [0.15, 0.2) is 72.8 Å². The molecule has 6 rings (SSSR count). The molecule has 1 heterocycles. The zero-order valence-corrected chi connectivity index (χ0v) is 19.8. The second-order valence-corrected chi connectivity index (χ2v) is 9.63. The highest BCUT2D eigenvalue weighted by Crippen LogP contribution is 2.53. The van der Waals surface area contributed by atoms with E-state index in [-0.39, 0.29) is 23.2 Å². The van der Waals surface area contributed by atoms with Gasteiger partial charge in [0.05, 0.1) is 3.57 Å². The summed E-state index contributed by atoms with van der Waals surface area (Å²) in [6, 6.07) is 22.6. The van der Waals surface area contributed by atoms with E-state index in [4.69, 9.17) is 4.74 Å². The van der Waals surface area contributed by atoms with Gasteiger partial charge in [-0.15, -0.1) is 0 Å². The third kappa shape index (κ3) is 3.10. The average molecular weight is 546 g/mol. The van der Waals surface area contributed by atoms with Crippen molar-refractivity contribution >= 4 is 44.1 Å². The van der Waals surface area contributed by atoms with Crippen molar-refractivity contribution in [2.24, 2.45) is 0 Å². The third-order valence-electron chi connectivity index (χ3n) is 6.42. The molecule has 0 spiro atoms. The number of ether oxygens (including phenoxy) is 1. The van der Waals surface area contributed by atoms with Gasteiger partial charge in [0, 0.05) is 17.0 Å². The number of fused-ring (bicyclic) bond motifs is 6. The molecule has 4 nitrogen and oxygen atoms in total. The summed E-state index contributed by atoms with van der Waals surface area (Å²) in [6.45, 7) is 1.91. The lowest BCUT2D eigenvalue weighted by Gasteiger charge is -2.31. The van der Waals surface area contributed by atoms with Crippen molar-refractivity contribution in [3.63, 3.8) is 0 Å². The van der Waals surface area contributed by atoms with E-state index in [1.54, 1.807) is 24.3 Å². The largest absolute Gasteiger partial charge is 0.508 e. The minimum Gasteiger partial charge on any atom is -0.508 e. The Morgan fingerprint density at radius 3 is 1.76 bits per heavy atom. The van der Waals surface area contributed by atoms with Crippen molar-refractivity contribution in [2.45, 2.75) is 12.8 Å². The summed E-state index contributed by atoms with van der Waals surface area (Å²) in [5.74, 6) is 2.09. The summed E-state index contributed by atoms with van der Waals surface area (Å²) >= 11 is 2.17. The number of benzene rings is 5. The van der Waals surface area contributed by atoms with E-state index in [1.165, 1.54) is 0 Å². The van der Waals surface area contributed by atoms with E-state index in [2.05, 4.69) is 22.6 Å². The molecule has 33 heavy (non-hydrogen) atoms. The van der Waals surface area contributed by atoms with Crippen molar-refractivity contribution in [1.82, 2.24) is 0 Å². The van der Waals surface area contributed by atoms with Crippen LogP contribution in [-0.2, 0) is 0 Å². The van der Waals surface area contributed by atoms with E-state index in [0.29, 0.717) is 0 Å². The number of aromatic hydroxyl groups is 3. The molecule has 162 valence electrons. The van der Waals surface area contributed by atoms with Crippen molar-refractivity contribution in [3.8, 4) is 28.7 Å². The van der Waals surface area contributed by atoms with Gasteiger partial charge in [0.15, 0.2) is 0 Å². The van der Waals surface area contributed by atoms with E-state index in [1.807, 2.05) is 55.5 Å². The maximum atomic E-state index is 10.4. The SMILES string of the molecule is Cc1cc(C2c3c(ccc4cc(O)ccc34)Oc3ccc4cc(O)ccc4c32)cc(I)c1O. The quantitative estimate of drug-likeness (QED) is 0.189. The van der Waals surface area contributed by atoms with Crippen molar-refractivity contribution in [3.05, 3.63) is 98.6 Å². The maximum absolute atomic E-state index is 10.4. The molecule has 0 atom stereocenters. The molecule has 0 aromatic heterocycles. The Labute approximate surface area is 203 Å². The van der Waals surface area contributed by atoms with Crippen LogP contribution in [0.2, 0.25) is 0 Å². The Morgan fingerprint density at radius 2 is 1.24 bits per heavy atom. The van der Waals surface area contributed by atoms with Gasteiger partial charge in [0.1, 0.15) is 28.7 Å². The molecule has 0 fully saturated rings. The smallest absolute Gasteiger partial charge is 0.132 e. The van der Waals surface area contributed by atoms with Crippen LogP contribution in [0.4, 0.5) is 0 Å². The van der Waals surface area contributed by atoms with Crippen molar-refractivity contribution in [2.75, 3.05) is 0 Å². The van der Waals surface area contributed by atoms with Gasteiger partial charge in [-0.1, -0.05) is 30.3 Å². The summed E-state index contributed by atoms with van der Waals surface area (Å²) in [5, 5.41) is 34.4.